The maximum absolute atomic E-state index is 12.3. The lowest BCUT2D eigenvalue weighted by atomic mass is 10.0. The van der Waals surface area contributed by atoms with Gasteiger partial charge in [-0.1, -0.05) is 11.6 Å². The first-order valence-electron chi connectivity index (χ1n) is 6.34. The normalized spacial score (nSPS) is 16.1. The molecule has 0 aliphatic carbocycles. The first kappa shape index (κ1) is 16.3. The molecule has 2 rings (SSSR count). The molecule has 5 heteroatoms. The Balaban J connectivity index is 0.00000180. The van der Waals surface area contributed by atoms with Crippen LogP contribution < -0.4 is 5.32 Å². The van der Waals surface area contributed by atoms with Crippen LogP contribution in [0, 0.1) is 6.92 Å². The van der Waals surface area contributed by atoms with Gasteiger partial charge in [0.05, 0.1) is 0 Å². The molecule has 1 N–H and O–H groups in total. The lowest BCUT2D eigenvalue weighted by Crippen LogP contribution is -2.43. The van der Waals surface area contributed by atoms with Gasteiger partial charge in [-0.25, -0.2) is 0 Å². The molecule has 3 nitrogen and oxygen atoms in total. The van der Waals surface area contributed by atoms with E-state index in [2.05, 4.69) is 5.32 Å². The third kappa shape index (κ3) is 4.10. The lowest BCUT2D eigenvalue weighted by molar-refractivity contribution is 0.0707. The molecule has 106 valence electrons. The van der Waals surface area contributed by atoms with Gasteiger partial charge in [-0.2, -0.15) is 0 Å². The maximum Gasteiger partial charge on any atom is 0.253 e. The third-order valence-electron chi connectivity index (χ3n) is 3.48. The Morgan fingerprint density at radius 2 is 1.95 bits per heavy atom. The summed E-state index contributed by atoms with van der Waals surface area (Å²) in [6.45, 7) is 3.59. The van der Waals surface area contributed by atoms with Gasteiger partial charge < -0.3 is 10.2 Å². The smallest absolute Gasteiger partial charge is 0.253 e. The van der Waals surface area contributed by atoms with E-state index in [0.717, 1.165) is 31.5 Å². The molecule has 0 atom stereocenters. The van der Waals surface area contributed by atoms with Gasteiger partial charge in [0.25, 0.3) is 5.91 Å². The van der Waals surface area contributed by atoms with Gasteiger partial charge in [0, 0.05) is 29.7 Å². The summed E-state index contributed by atoms with van der Waals surface area (Å²) < 4.78 is 0. The van der Waals surface area contributed by atoms with Crippen LogP contribution in [0.4, 0.5) is 0 Å². The van der Waals surface area contributed by atoms with Crippen molar-refractivity contribution in [1.82, 2.24) is 10.2 Å². The highest BCUT2D eigenvalue weighted by atomic mass is 35.5. The zero-order valence-corrected chi connectivity index (χ0v) is 12.9. The Morgan fingerprint density at radius 1 is 1.32 bits per heavy atom. The molecule has 1 amide bonds. The molecule has 0 saturated carbocycles. The predicted octanol–water partition coefficient (Wildman–Crippen LogP) is 2.89. The molecule has 1 saturated heterocycles. The van der Waals surface area contributed by atoms with Crippen molar-refractivity contribution in [2.45, 2.75) is 25.8 Å². The largest absolute Gasteiger partial charge is 0.339 e. The molecule has 1 fully saturated rings. The van der Waals surface area contributed by atoms with Gasteiger partial charge in [-0.3, -0.25) is 4.79 Å². The van der Waals surface area contributed by atoms with Crippen molar-refractivity contribution in [3.63, 3.8) is 0 Å². The molecule has 19 heavy (non-hydrogen) atoms. The fourth-order valence-corrected chi connectivity index (χ4v) is 2.70. The summed E-state index contributed by atoms with van der Waals surface area (Å²) in [4.78, 5) is 14.3. The van der Waals surface area contributed by atoms with Crippen LogP contribution in [-0.4, -0.2) is 37.0 Å². The molecule has 0 radical (unpaired) electrons. The summed E-state index contributed by atoms with van der Waals surface area (Å²) in [5, 5.41) is 3.89. The van der Waals surface area contributed by atoms with E-state index in [1.807, 2.05) is 31.0 Å². The van der Waals surface area contributed by atoms with Crippen LogP contribution in [-0.2, 0) is 0 Å². The molecule has 0 aromatic heterocycles. The zero-order valence-electron chi connectivity index (χ0n) is 11.3. The number of piperidine rings is 1. The van der Waals surface area contributed by atoms with Crippen LogP contribution >= 0.6 is 24.0 Å². The number of amides is 1. The number of likely N-dealkylation sites (tertiary alicyclic amines) is 1. The van der Waals surface area contributed by atoms with E-state index in [1.54, 1.807) is 6.07 Å². The van der Waals surface area contributed by atoms with Crippen LogP contribution in [0.3, 0.4) is 0 Å². The van der Waals surface area contributed by atoms with Crippen molar-refractivity contribution < 1.29 is 4.79 Å². The summed E-state index contributed by atoms with van der Waals surface area (Å²) >= 11 is 6.00. The molecule has 0 bridgehead atoms. The topological polar surface area (TPSA) is 32.3 Å². The average Bonchev–Trinajstić information content (AvgIpc) is 2.37. The van der Waals surface area contributed by atoms with E-state index in [0.29, 0.717) is 16.6 Å². The predicted molar refractivity (Wildman–Crippen MR) is 81.4 cm³/mol. The summed E-state index contributed by atoms with van der Waals surface area (Å²) in [7, 11) is 1.97. The molecule has 0 spiro atoms. The van der Waals surface area contributed by atoms with Gasteiger partial charge in [0.15, 0.2) is 0 Å². The van der Waals surface area contributed by atoms with Crippen molar-refractivity contribution in [3.8, 4) is 0 Å². The Hall–Kier alpha value is -0.770. The van der Waals surface area contributed by atoms with Gasteiger partial charge >= 0.3 is 0 Å². The molecule has 1 aliphatic heterocycles. The highest BCUT2D eigenvalue weighted by Crippen LogP contribution is 2.18. The van der Waals surface area contributed by atoms with Crippen LogP contribution in [0.25, 0.3) is 0 Å². The van der Waals surface area contributed by atoms with Gasteiger partial charge in [0.2, 0.25) is 0 Å². The highest BCUT2D eigenvalue weighted by Gasteiger charge is 2.22. The van der Waals surface area contributed by atoms with Gasteiger partial charge in [-0.15, -0.1) is 12.4 Å². The molecule has 1 aromatic carbocycles. The number of carbonyl (C=O) groups is 1. The summed E-state index contributed by atoms with van der Waals surface area (Å²) in [6.07, 6.45) is 2.03. The van der Waals surface area contributed by atoms with Crippen molar-refractivity contribution in [3.05, 3.63) is 34.3 Å². The van der Waals surface area contributed by atoms with Crippen LogP contribution in [0.1, 0.15) is 28.8 Å². The highest BCUT2D eigenvalue weighted by molar-refractivity contribution is 6.31. The number of carbonyl (C=O) groups excluding carboxylic acids is 1. The number of aryl methyl sites for hydroxylation is 1. The van der Waals surface area contributed by atoms with Crippen molar-refractivity contribution >= 4 is 29.9 Å². The van der Waals surface area contributed by atoms with Crippen LogP contribution in [0.5, 0.6) is 0 Å². The quantitative estimate of drug-likeness (QED) is 0.911. The molecule has 1 heterocycles. The van der Waals surface area contributed by atoms with Crippen LogP contribution in [0.15, 0.2) is 18.2 Å². The van der Waals surface area contributed by atoms with Gasteiger partial charge in [-0.05, 0) is 50.6 Å². The lowest BCUT2D eigenvalue weighted by Gasteiger charge is -2.32. The second kappa shape index (κ2) is 7.13. The fraction of sp³-hybridized carbons (Fsp3) is 0.500. The number of benzene rings is 1. The van der Waals surface area contributed by atoms with Gasteiger partial charge in [0.1, 0.15) is 0 Å². The van der Waals surface area contributed by atoms with Crippen molar-refractivity contribution in [1.29, 1.82) is 0 Å². The van der Waals surface area contributed by atoms with E-state index < -0.39 is 0 Å². The molecule has 1 aliphatic rings. The van der Waals surface area contributed by atoms with E-state index in [1.165, 1.54) is 0 Å². The fourth-order valence-electron chi connectivity index (χ4n) is 2.41. The number of nitrogens with one attached hydrogen (secondary N) is 1. The number of hydrogen-bond donors (Lipinski definition) is 1. The number of rotatable bonds is 2. The number of hydrogen-bond acceptors (Lipinski definition) is 2. The second-order valence-electron chi connectivity index (χ2n) is 4.87. The first-order chi connectivity index (χ1) is 8.60. The number of halogens is 2. The molecular weight excluding hydrogens is 283 g/mol. The molecule has 0 unspecified atom stereocenters. The number of nitrogens with zero attached hydrogens (tertiary/aromatic N) is 1. The molecule has 1 aromatic rings. The Labute approximate surface area is 125 Å². The Morgan fingerprint density at radius 3 is 2.47 bits per heavy atom. The second-order valence-corrected chi connectivity index (χ2v) is 5.31. The SMILES string of the molecule is CNC1CCN(C(=O)c2cc(C)cc(Cl)c2)CC1.Cl. The van der Waals surface area contributed by atoms with E-state index >= 15 is 0 Å². The Bertz CT molecular complexity index is 423. The standard InChI is InChI=1S/C14H19ClN2O.ClH/c1-10-7-11(9-12(15)8-10)14(18)17-5-3-13(16-2)4-6-17;/h7-9,13,16H,3-6H2,1-2H3;1H. The first-order valence-corrected chi connectivity index (χ1v) is 6.71. The zero-order chi connectivity index (χ0) is 13.1. The summed E-state index contributed by atoms with van der Waals surface area (Å²) in [5.74, 6) is 0.0927. The summed E-state index contributed by atoms with van der Waals surface area (Å²) in [6, 6.07) is 6.06. The Kier molecular flexibility index (Phi) is 6.11. The minimum absolute atomic E-state index is 0. The van der Waals surface area contributed by atoms with Crippen molar-refractivity contribution in [2.24, 2.45) is 0 Å². The maximum atomic E-state index is 12.3. The van der Waals surface area contributed by atoms with E-state index in [4.69, 9.17) is 11.6 Å². The monoisotopic (exact) mass is 302 g/mol. The van der Waals surface area contributed by atoms with E-state index in [-0.39, 0.29) is 18.3 Å². The van der Waals surface area contributed by atoms with E-state index in [9.17, 15) is 4.79 Å². The third-order valence-corrected chi connectivity index (χ3v) is 3.70. The average molecular weight is 303 g/mol. The van der Waals surface area contributed by atoms with Crippen molar-refractivity contribution in [2.75, 3.05) is 20.1 Å². The summed E-state index contributed by atoms with van der Waals surface area (Å²) in [5.41, 5.74) is 1.72. The minimum Gasteiger partial charge on any atom is -0.339 e. The van der Waals surface area contributed by atoms with Crippen LogP contribution in [0.2, 0.25) is 5.02 Å². The minimum atomic E-state index is 0. The molecular formula is C14H20Cl2N2O.